The van der Waals surface area contributed by atoms with E-state index < -0.39 is 11.9 Å². The number of carbonyl (C=O) groups is 2. The van der Waals surface area contributed by atoms with Crippen molar-refractivity contribution < 1.29 is 23.8 Å². The van der Waals surface area contributed by atoms with Crippen LogP contribution >= 0.6 is 0 Å². The van der Waals surface area contributed by atoms with Crippen LogP contribution in [0.25, 0.3) is 11.1 Å². The summed E-state index contributed by atoms with van der Waals surface area (Å²) in [5.41, 5.74) is 2.65. The van der Waals surface area contributed by atoms with Crippen LogP contribution in [0.4, 0.5) is 14.9 Å². The van der Waals surface area contributed by atoms with Crippen molar-refractivity contribution in [2.75, 3.05) is 38.0 Å². The van der Waals surface area contributed by atoms with Crippen molar-refractivity contribution in [1.29, 1.82) is 0 Å². The molecule has 0 bridgehead atoms. The van der Waals surface area contributed by atoms with E-state index in [2.05, 4.69) is 20.9 Å². The van der Waals surface area contributed by atoms with Crippen LogP contribution in [-0.2, 0) is 16.1 Å². The number of hydrogen-bond donors (Lipinski definition) is 4. The van der Waals surface area contributed by atoms with Crippen molar-refractivity contribution in [2.24, 2.45) is 0 Å². The Morgan fingerprint density at radius 2 is 1.64 bits per heavy atom. The maximum absolute atomic E-state index is 14.6. The van der Waals surface area contributed by atoms with Gasteiger partial charge >= 0.3 is 6.09 Å². The Morgan fingerprint density at radius 1 is 0.905 bits per heavy atom. The van der Waals surface area contributed by atoms with Crippen LogP contribution in [0.2, 0.25) is 0 Å². The van der Waals surface area contributed by atoms with Gasteiger partial charge in [0.1, 0.15) is 17.7 Å². The van der Waals surface area contributed by atoms with Gasteiger partial charge in [-0.05, 0) is 61.6 Å². The number of benzene rings is 3. The van der Waals surface area contributed by atoms with Crippen LogP contribution in [0, 0.1) is 5.82 Å². The molecule has 0 radical (unpaired) electrons. The summed E-state index contributed by atoms with van der Waals surface area (Å²) in [6, 6.07) is 21.2. The van der Waals surface area contributed by atoms with E-state index in [1.807, 2.05) is 42.5 Å². The van der Waals surface area contributed by atoms with E-state index >= 15 is 0 Å². The summed E-state index contributed by atoms with van der Waals surface area (Å²) in [6.07, 6.45) is 3.87. The van der Waals surface area contributed by atoms with E-state index in [0.717, 1.165) is 56.6 Å². The number of piperidine rings is 1. The summed E-state index contributed by atoms with van der Waals surface area (Å²) in [7, 11) is 0. The highest BCUT2D eigenvalue weighted by atomic mass is 19.1. The molecular formula is C33H41FN4O4. The van der Waals surface area contributed by atoms with E-state index in [1.54, 1.807) is 24.3 Å². The van der Waals surface area contributed by atoms with Crippen LogP contribution in [-0.4, -0.2) is 60.8 Å². The average Bonchev–Trinajstić information content (AvgIpc) is 3.00. The van der Waals surface area contributed by atoms with Gasteiger partial charge in [-0.1, -0.05) is 61.0 Å². The minimum absolute atomic E-state index is 0.0531. The van der Waals surface area contributed by atoms with Crippen molar-refractivity contribution in [3.8, 4) is 16.9 Å². The van der Waals surface area contributed by atoms with E-state index in [4.69, 9.17) is 4.74 Å². The Hall–Kier alpha value is -3.95. The molecule has 224 valence electrons. The third kappa shape index (κ3) is 10.2. The monoisotopic (exact) mass is 576 g/mol. The minimum atomic E-state index is -0.664. The summed E-state index contributed by atoms with van der Waals surface area (Å²) in [4.78, 5) is 27.1. The van der Waals surface area contributed by atoms with E-state index in [0.29, 0.717) is 37.9 Å². The lowest BCUT2D eigenvalue weighted by Gasteiger charge is -2.31. The van der Waals surface area contributed by atoms with Crippen LogP contribution in [0.3, 0.4) is 0 Å². The smallest absolute Gasteiger partial charge is 0.412 e. The molecular weight excluding hydrogens is 535 g/mol. The number of rotatable bonds is 14. The number of phenols is 1. The van der Waals surface area contributed by atoms with Gasteiger partial charge in [-0.3, -0.25) is 10.1 Å². The second kappa shape index (κ2) is 16.5. The van der Waals surface area contributed by atoms with Gasteiger partial charge in [0.05, 0.1) is 5.69 Å². The molecule has 1 aliphatic heterocycles. The lowest BCUT2D eigenvalue weighted by molar-refractivity contribution is -0.121. The van der Waals surface area contributed by atoms with E-state index in [9.17, 15) is 19.1 Å². The van der Waals surface area contributed by atoms with Gasteiger partial charge in [-0.2, -0.15) is 0 Å². The maximum Gasteiger partial charge on any atom is 0.412 e. The standard InChI is InChI=1S/C33H41FN4O4/c34-30-11-7-10-29(26-8-3-1-4-9-26)32(30)37-33(41)42-28-16-21-38(22-17-28)23-18-31(40)36-20-6-2-5-19-35-24-25-12-14-27(39)15-13-25/h1,3-4,7-15,28,35,39H,2,5-6,16-24H2,(H,36,40)(H,37,41). The molecule has 4 rings (SSSR count). The first-order valence-corrected chi connectivity index (χ1v) is 14.8. The lowest BCUT2D eigenvalue weighted by Crippen LogP contribution is -2.40. The fourth-order valence-electron chi connectivity index (χ4n) is 5.02. The van der Waals surface area contributed by atoms with Crippen LogP contribution in [0.1, 0.15) is 44.1 Å². The summed E-state index contributed by atoms with van der Waals surface area (Å²) in [5, 5.41) is 18.3. The highest BCUT2D eigenvalue weighted by molar-refractivity contribution is 5.91. The topological polar surface area (TPSA) is 103 Å². The summed E-state index contributed by atoms with van der Waals surface area (Å²) in [5.74, 6) is -0.184. The number of carbonyl (C=O) groups excluding carboxylic acids is 2. The number of halogens is 1. The highest BCUT2D eigenvalue weighted by Crippen LogP contribution is 2.30. The molecule has 0 atom stereocenters. The Bertz CT molecular complexity index is 1260. The number of aromatic hydroxyl groups is 1. The Balaban J connectivity index is 1.05. The number of nitrogens with zero attached hydrogens (tertiary/aromatic N) is 1. The molecule has 0 aromatic heterocycles. The van der Waals surface area contributed by atoms with Crippen molar-refractivity contribution in [2.45, 2.75) is 51.2 Å². The Labute approximate surface area is 247 Å². The van der Waals surface area contributed by atoms with Gasteiger partial charge in [0, 0.05) is 44.7 Å². The predicted molar refractivity (Wildman–Crippen MR) is 163 cm³/mol. The highest BCUT2D eigenvalue weighted by Gasteiger charge is 2.23. The van der Waals surface area contributed by atoms with Gasteiger partial charge in [-0.15, -0.1) is 0 Å². The number of amides is 2. The molecule has 0 spiro atoms. The molecule has 1 aliphatic rings. The van der Waals surface area contributed by atoms with Crippen LogP contribution in [0.15, 0.2) is 72.8 Å². The molecule has 3 aromatic carbocycles. The summed E-state index contributed by atoms with van der Waals surface area (Å²) < 4.78 is 20.2. The van der Waals surface area contributed by atoms with E-state index in [-0.39, 0.29) is 23.4 Å². The van der Waals surface area contributed by atoms with Crippen molar-refractivity contribution in [3.05, 3.63) is 84.2 Å². The average molecular weight is 577 g/mol. The number of likely N-dealkylation sites (tertiary alicyclic amines) is 1. The number of unbranched alkanes of at least 4 members (excludes halogenated alkanes) is 2. The van der Waals surface area contributed by atoms with Crippen molar-refractivity contribution in [1.82, 2.24) is 15.5 Å². The number of anilines is 1. The molecule has 1 saturated heterocycles. The zero-order valence-corrected chi connectivity index (χ0v) is 24.0. The zero-order valence-electron chi connectivity index (χ0n) is 24.0. The largest absolute Gasteiger partial charge is 0.508 e. The first-order chi connectivity index (χ1) is 20.5. The molecule has 42 heavy (non-hydrogen) atoms. The van der Waals surface area contributed by atoms with Crippen molar-refractivity contribution in [3.63, 3.8) is 0 Å². The number of ether oxygens (including phenoxy) is 1. The molecule has 9 heteroatoms. The molecule has 4 N–H and O–H groups in total. The lowest BCUT2D eigenvalue weighted by atomic mass is 10.0. The van der Waals surface area contributed by atoms with Gasteiger partial charge in [0.15, 0.2) is 0 Å². The number of nitrogens with one attached hydrogen (secondary N) is 3. The second-order valence-electron chi connectivity index (χ2n) is 10.6. The molecule has 2 amide bonds. The molecule has 0 saturated carbocycles. The first kappa shape index (κ1) is 31.0. The molecule has 1 heterocycles. The van der Waals surface area contributed by atoms with Crippen LogP contribution < -0.4 is 16.0 Å². The Kier molecular flexibility index (Phi) is 12.2. The van der Waals surface area contributed by atoms with Gasteiger partial charge < -0.3 is 25.4 Å². The molecule has 1 fully saturated rings. The minimum Gasteiger partial charge on any atom is -0.508 e. The molecule has 0 unspecified atom stereocenters. The SMILES string of the molecule is O=C(CCN1CCC(OC(=O)Nc2c(F)cccc2-c2ccccc2)CC1)NCCCCCNCc1ccc(O)cc1. The quantitative estimate of drug-likeness (QED) is 0.184. The van der Waals surface area contributed by atoms with Crippen molar-refractivity contribution >= 4 is 17.7 Å². The fourth-order valence-corrected chi connectivity index (χ4v) is 5.02. The Morgan fingerprint density at radius 3 is 2.40 bits per heavy atom. The number of para-hydroxylation sites is 1. The van der Waals surface area contributed by atoms with Crippen LogP contribution in [0.5, 0.6) is 5.75 Å². The van der Waals surface area contributed by atoms with Gasteiger partial charge in [0.2, 0.25) is 5.91 Å². The number of phenolic OH excluding ortho intramolecular Hbond substituents is 1. The van der Waals surface area contributed by atoms with Gasteiger partial charge in [-0.25, -0.2) is 9.18 Å². The molecule has 8 nitrogen and oxygen atoms in total. The maximum atomic E-state index is 14.6. The second-order valence-corrected chi connectivity index (χ2v) is 10.6. The normalized spacial score (nSPS) is 13.9. The zero-order chi connectivity index (χ0) is 29.6. The van der Waals surface area contributed by atoms with Gasteiger partial charge in [0.25, 0.3) is 0 Å². The summed E-state index contributed by atoms with van der Waals surface area (Å²) in [6.45, 7) is 4.50. The number of hydrogen-bond acceptors (Lipinski definition) is 6. The molecule has 3 aromatic rings. The molecule has 0 aliphatic carbocycles. The first-order valence-electron chi connectivity index (χ1n) is 14.8. The van der Waals surface area contributed by atoms with E-state index in [1.165, 1.54) is 6.07 Å². The predicted octanol–water partition coefficient (Wildman–Crippen LogP) is 5.68. The summed E-state index contributed by atoms with van der Waals surface area (Å²) >= 11 is 0. The third-order valence-corrected chi connectivity index (χ3v) is 7.41. The third-order valence-electron chi connectivity index (χ3n) is 7.41. The fraction of sp³-hybridized carbons (Fsp3) is 0.394.